The average molecular weight is 481 g/mol. The quantitative estimate of drug-likeness (QED) is 0.395. The van der Waals surface area contributed by atoms with Gasteiger partial charge in [0.15, 0.2) is 5.78 Å². The number of para-hydroxylation sites is 2. The Morgan fingerprint density at radius 3 is 2.26 bits per heavy atom. The maximum Gasteiger partial charge on any atom is 0.268 e. The van der Waals surface area contributed by atoms with Crippen LogP contribution < -0.4 is 10.9 Å². The minimum atomic E-state index is -1.01. The zero-order valence-corrected chi connectivity index (χ0v) is 18.0. The molecule has 0 fully saturated rings. The molecule has 0 aliphatic carbocycles. The second-order valence-corrected chi connectivity index (χ2v) is 7.63. The average Bonchev–Trinajstić information content (AvgIpc) is 2.82. The molecule has 0 radical (unpaired) electrons. The number of halogens is 3. The Hall–Kier alpha value is -4.30. The number of ketones is 1. The number of carbonyl (C=O) groups is 2. The molecule has 170 valence electrons. The lowest BCUT2D eigenvalue weighted by Crippen LogP contribution is -2.30. The number of benzene rings is 3. The molecular weight excluding hydrogens is 466 g/mol. The number of hydrogen-bond donors (Lipinski definition) is 2. The molecular formula is C25H15ClF2N2O4. The van der Waals surface area contributed by atoms with Crippen LogP contribution >= 0.6 is 11.6 Å². The number of rotatable bonds is 5. The van der Waals surface area contributed by atoms with Crippen LogP contribution in [0.15, 0.2) is 83.8 Å². The topological polar surface area (TPSA) is 88.4 Å². The molecule has 0 bridgehead atoms. The van der Waals surface area contributed by atoms with Gasteiger partial charge in [0.2, 0.25) is 0 Å². The molecule has 2 N–H and O–H groups in total. The van der Waals surface area contributed by atoms with Crippen LogP contribution in [0.2, 0.25) is 5.02 Å². The molecule has 1 heterocycles. The predicted molar refractivity (Wildman–Crippen MR) is 123 cm³/mol. The molecule has 0 atom stereocenters. The van der Waals surface area contributed by atoms with Gasteiger partial charge in [0.1, 0.15) is 22.9 Å². The van der Waals surface area contributed by atoms with Gasteiger partial charge in [-0.15, -0.1) is 0 Å². The van der Waals surface area contributed by atoms with Crippen molar-refractivity contribution in [3.63, 3.8) is 0 Å². The number of hydrogen-bond acceptors (Lipinski definition) is 4. The van der Waals surface area contributed by atoms with E-state index in [-0.39, 0.29) is 33.3 Å². The summed E-state index contributed by atoms with van der Waals surface area (Å²) in [6, 6.07) is 15.4. The maximum atomic E-state index is 14.5. The zero-order valence-electron chi connectivity index (χ0n) is 17.3. The second kappa shape index (κ2) is 9.29. The lowest BCUT2D eigenvalue weighted by atomic mass is 10.0. The fraction of sp³-hybridized carbons (Fsp3) is 0. The van der Waals surface area contributed by atoms with Crippen LogP contribution in [0, 0.1) is 11.6 Å². The monoisotopic (exact) mass is 480 g/mol. The van der Waals surface area contributed by atoms with Crippen LogP contribution in [0.25, 0.3) is 5.69 Å². The number of anilines is 1. The summed E-state index contributed by atoms with van der Waals surface area (Å²) in [5, 5.41) is 12.6. The van der Waals surface area contributed by atoms with E-state index in [9.17, 15) is 28.3 Å². The molecule has 3 aromatic carbocycles. The standard InChI is InChI=1S/C25H15ClF2N2O4/c26-15-9-10-22(31)16(12-15)23(32)14-11-17(24(33)29-20-7-3-1-5-18(20)27)25(34)30(13-14)21-8-4-2-6-19(21)28/h1-13,31H,(H,29,33). The van der Waals surface area contributed by atoms with Crippen LogP contribution in [-0.4, -0.2) is 21.4 Å². The Morgan fingerprint density at radius 2 is 1.56 bits per heavy atom. The first-order chi connectivity index (χ1) is 16.3. The lowest BCUT2D eigenvalue weighted by molar-refractivity contribution is 0.102. The van der Waals surface area contributed by atoms with Crippen LogP contribution in [0.4, 0.5) is 14.5 Å². The smallest absolute Gasteiger partial charge is 0.268 e. The molecule has 1 aromatic heterocycles. The van der Waals surface area contributed by atoms with Gasteiger partial charge in [0.25, 0.3) is 11.5 Å². The largest absolute Gasteiger partial charge is 0.507 e. The van der Waals surface area contributed by atoms with Gasteiger partial charge >= 0.3 is 0 Å². The second-order valence-electron chi connectivity index (χ2n) is 7.19. The lowest BCUT2D eigenvalue weighted by Gasteiger charge is -2.13. The molecule has 0 saturated carbocycles. The third-order valence-corrected chi connectivity index (χ3v) is 5.20. The van der Waals surface area contributed by atoms with Gasteiger partial charge in [0.05, 0.1) is 16.9 Å². The van der Waals surface area contributed by atoms with Gasteiger partial charge in [-0.2, -0.15) is 0 Å². The van der Waals surface area contributed by atoms with Gasteiger partial charge in [-0.25, -0.2) is 8.78 Å². The summed E-state index contributed by atoms with van der Waals surface area (Å²) in [4.78, 5) is 39.2. The van der Waals surface area contributed by atoms with E-state index in [0.29, 0.717) is 0 Å². The summed E-state index contributed by atoms with van der Waals surface area (Å²) in [6.45, 7) is 0. The number of carbonyl (C=O) groups excluding carboxylic acids is 2. The fourth-order valence-corrected chi connectivity index (χ4v) is 3.46. The highest BCUT2D eigenvalue weighted by Crippen LogP contribution is 2.25. The number of phenols is 1. The minimum absolute atomic E-state index is 0.168. The van der Waals surface area contributed by atoms with Crippen LogP contribution in [0.5, 0.6) is 5.75 Å². The first-order valence-electron chi connectivity index (χ1n) is 9.87. The van der Waals surface area contributed by atoms with Crippen molar-refractivity contribution in [1.82, 2.24) is 4.57 Å². The van der Waals surface area contributed by atoms with Crippen molar-refractivity contribution in [1.29, 1.82) is 0 Å². The Balaban J connectivity index is 1.90. The van der Waals surface area contributed by atoms with E-state index in [4.69, 9.17) is 11.6 Å². The highest BCUT2D eigenvalue weighted by molar-refractivity contribution is 6.31. The van der Waals surface area contributed by atoms with Crippen molar-refractivity contribution >= 4 is 29.0 Å². The van der Waals surface area contributed by atoms with Crippen molar-refractivity contribution in [3.05, 3.63) is 123 Å². The third kappa shape index (κ3) is 4.44. The molecule has 0 unspecified atom stereocenters. The van der Waals surface area contributed by atoms with Crippen molar-refractivity contribution in [2.45, 2.75) is 0 Å². The molecule has 4 rings (SSSR count). The van der Waals surface area contributed by atoms with Crippen molar-refractivity contribution in [2.24, 2.45) is 0 Å². The fourth-order valence-electron chi connectivity index (χ4n) is 3.29. The first-order valence-corrected chi connectivity index (χ1v) is 10.2. The number of nitrogens with zero attached hydrogens (tertiary/aromatic N) is 1. The van der Waals surface area contributed by atoms with E-state index in [1.54, 1.807) is 0 Å². The van der Waals surface area contributed by atoms with E-state index in [0.717, 1.165) is 29.0 Å². The number of pyridine rings is 1. The van der Waals surface area contributed by atoms with Crippen LogP contribution in [-0.2, 0) is 0 Å². The van der Waals surface area contributed by atoms with E-state index >= 15 is 0 Å². The SMILES string of the molecule is O=C(c1cc(C(=O)Nc2ccccc2F)c(=O)n(-c2ccccc2F)c1)c1cc(Cl)ccc1O. The minimum Gasteiger partial charge on any atom is -0.507 e. The molecule has 0 saturated heterocycles. The van der Waals surface area contributed by atoms with E-state index in [2.05, 4.69) is 5.32 Å². The van der Waals surface area contributed by atoms with Gasteiger partial charge < -0.3 is 10.4 Å². The number of amides is 1. The van der Waals surface area contributed by atoms with E-state index < -0.39 is 34.4 Å². The van der Waals surface area contributed by atoms with Crippen molar-refractivity contribution in [3.8, 4) is 11.4 Å². The zero-order chi connectivity index (χ0) is 24.4. The molecule has 0 spiro atoms. The summed E-state index contributed by atoms with van der Waals surface area (Å²) in [7, 11) is 0. The van der Waals surface area contributed by atoms with Gasteiger partial charge in [-0.05, 0) is 48.5 Å². The van der Waals surface area contributed by atoms with E-state index in [1.807, 2.05) is 0 Å². The molecule has 9 heteroatoms. The number of phenolic OH excluding ortho intramolecular Hbond substituents is 1. The molecule has 6 nitrogen and oxygen atoms in total. The maximum absolute atomic E-state index is 14.5. The Kier molecular flexibility index (Phi) is 6.25. The van der Waals surface area contributed by atoms with Crippen molar-refractivity contribution < 1.29 is 23.5 Å². The molecule has 1 amide bonds. The third-order valence-electron chi connectivity index (χ3n) is 4.96. The molecule has 0 aliphatic heterocycles. The molecule has 34 heavy (non-hydrogen) atoms. The summed E-state index contributed by atoms with van der Waals surface area (Å²) >= 11 is 5.94. The predicted octanol–water partition coefficient (Wildman–Crippen LogP) is 4.96. The summed E-state index contributed by atoms with van der Waals surface area (Å²) in [6.07, 6.45) is 1.06. The van der Waals surface area contributed by atoms with Crippen molar-refractivity contribution in [2.75, 3.05) is 5.32 Å². The van der Waals surface area contributed by atoms with Crippen LogP contribution in [0.1, 0.15) is 26.3 Å². The highest BCUT2D eigenvalue weighted by Gasteiger charge is 2.22. The van der Waals surface area contributed by atoms with E-state index in [1.165, 1.54) is 54.6 Å². The number of aromatic hydroxyl groups is 1. The summed E-state index contributed by atoms with van der Waals surface area (Å²) in [5.41, 5.74) is -2.28. The summed E-state index contributed by atoms with van der Waals surface area (Å²) in [5.74, 6) is -3.67. The van der Waals surface area contributed by atoms with Gasteiger partial charge in [0, 0.05) is 16.8 Å². The van der Waals surface area contributed by atoms with Crippen LogP contribution in [0.3, 0.4) is 0 Å². The first kappa shape index (κ1) is 22.9. The normalized spacial score (nSPS) is 10.7. The summed E-state index contributed by atoms with van der Waals surface area (Å²) < 4.78 is 29.3. The molecule has 4 aromatic rings. The number of nitrogens with one attached hydrogen (secondary N) is 1. The highest BCUT2D eigenvalue weighted by atomic mass is 35.5. The molecule has 0 aliphatic rings. The van der Waals surface area contributed by atoms with Gasteiger partial charge in [-0.3, -0.25) is 19.0 Å². The Morgan fingerprint density at radius 1 is 0.882 bits per heavy atom. The Bertz CT molecular complexity index is 1500. The number of aromatic nitrogens is 1. The Labute approximate surface area is 196 Å². The van der Waals surface area contributed by atoms with Gasteiger partial charge in [-0.1, -0.05) is 35.9 Å².